The van der Waals surface area contributed by atoms with Crippen molar-refractivity contribution in [1.29, 1.82) is 0 Å². The number of anilines is 1. The standard InChI is InChI=1S/C18H14F5NO5/c1-10(27-16(26)11-3-2-4-14(9-11)28-17(19)20)15(25)24-12-5-7-13(8-6-12)29-18(21,22)23/h2-10,17H,1H3,(H,24,25). The smallest absolute Gasteiger partial charge is 0.449 e. The number of rotatable bonds is 7. The van der Waals surface area contributed by atoms with Crippen LogP contribution in [0.1, 0.15) is 17.3 Å². The molecule has 0 bridgehead atoms. The van der Waals surface area contributed by atoms with Crippen LogP contribution in [-0.2, 0) is 9.53 Å². The van der Waals surface area contributed by atoms with Crippen molar-refractivity contribution in [3.05, 3.63) is 54.1 Å². The van der Waals surface area contributed by atoms with Crippen molar-refractivity contribution in [2.45, 2.75) is 26.0 Å². The van der Waals surface area contributed by atoms with Gasteiger partial charge in [0.2, 0.25) is 0 Å². The lowest BCUT2D eigenvalue weighted by Gasteiger charge is -2.14. The van der Waals surface area contributed by atoms with E-state index in [9.17, 15) is 31.5 Å². The monoisotopic (exact) mass is 419 g/mol. The van der Waals surface area contributed by atoms with Gasteiger partial charge in [0.1, 0.15) is 11.5 Å². The van der Waals surface area contributed by atoms with Crippen molar-refractivity contribution in [2.24, 2.45) is 0 Å². The summed E-state index contributed by atoms with van der Waals surface area (Å²) in [6.45, 7) is -1.81. The number of halogens is 5. The summed E-state index contributed by atoms with van der Waals surface area (Å²) >= 11 is 0. The Hall–Kier alpha value is -3.37. The molecule has 0 aliphatic rings. The average Bonchev–Trinajstić information content (AvgIpc) is 2.61. The highest BCUT2D eigenvalue weighted by molar-refractivity contribution is 5.97. The largest absolute Gasteiger partial charge is 0.573 e. The number of alkyl halides is 5. The molecule has 0 aliphatic heterocycles. The van der Waals surface area contributed by atoms with Gasteiger partial charge in [-0.15, -0.1) is 13.2 Å². The Morgan fingerprint density at radius 1 is 1.00 bits per heavy atom. The second kappa shape index (κ2) is 9.22. The SMILES string of the molecule is CC(OC(=O)c1cccc(OC(F)F)c1)C(=O)Nc1ccc(OC(F)(F)F)cc1. The van der Waals surface area contributed by atoms with Crippen LogP contribution in [0.2, 0.25) is 0 Å². The number of esters is 1. The van der Waals surface area contributed by atoms with Crippen LogP contribution >= 0.6 is 0 Å². The van der Waals surface area contributed by atoms with Gasteiger partial charge in [-0.3, -0.25) is 4.79 Å². The summed E-state index contributed by atoms with van der Waals surface area (Å²) in [4.78, 5) is 24.1. The Balaban J connectivity index is 1.94. The second-order valence-electron chi connectivity index (χ2n) is 5.52. The molecule has 1 amide bonds. The van der Waals surface area contributed by atoms with E-state index in [0.717, 1.165) is 18.2 Å². The van der Waals surface area contributed by atoms with E-state index in [-0.39, 0.29) is 17.0 Å². The number of benzene rings is 2. The molecule has 2 aromatic rings. The zero-order chi connectivity index (χ0) is 21.6. The van der Waals surface area contributed by atoms with Gasteiger partial charge in [-0.25, -0.2) is 4.79 Å². The molecule has 0 spiro atoms. The van der Waals surface area contributed by atoms with E-state index in [1.807, 2.05) is 0 Å². The van der Waals surface area contributed by atoms with Crippen molar-refractivity contribution >= 4 is 17.6 Å². The third-order valence-corrected chi connectivity index (χ3v) is 3.30. The number of nitrogens with one attached hydrogen (secondary N) is 1. The minimum atomic E-state index is -4.84. The highest BCUT2D eigenvalue weighted by atomic mass is 19.4. The Kier molecular flexibility index (Phi) is 6.97. The zero-order valence-corrected chi connectivity index (χ0v) is 14.7. The first-order chi connectivity index (χ1) is 13.5. The van der Waals surface area contributed by atoms with Gasteiger partial charge >= 0.3 is 18.9 Å². The first kappa shape index (κ1) is 21.9. The van der Waals surface area contributed by atoms with Gasteiger partial charge < -0.3 is 19.5 Å². The third kappa shape index (κ3) is 7.28. The molecule has 0 fully saturated rings. The maximum absolute atomic E-state index is 12.2. The predicted octanol–water partition coefficient (Wildman–Crippen LogP) is 4.37. The number of hydrogen-bond acceptors (Lipinski definition) is 5. The molecule has 1 N–H and O–H groups in total. The Labute approximate surface area is 161 Å². The van der Waals surface area contributed by atoms with Crippen LogP contribution in [0.4, 0.5) is 27.6 Å². The topological polar surface area (TPSA) is 73.9 Å². The fourth-order valence-electron chi connectivity index (χ4n) is 2.07. The van der Waals surface area contributed by atoms with Gasteiger partial charge in [0.25, 0.3) is 5.91 Å². The molecule has 0 heterocycles. The predicted molar refractivity (Wildman–Crippen MR) is 89.7 cm³/mol. The van der Waals surface area contributed by atoms with Crippen LogP contribution in [0.25, 0.3) is 0 Å². The third-order valence-electron chi connectivity index (χ3n) is 3.30. The number of carbonyl (C=O) groups is 2. The summed E-state index contributed by atoms with van der Waals surface area (Å²) in [5.41, 5.74) is 0.0243. The van der Waals surface area contributed by atoms with Crippen molar-refractivity contribution in [3.63, 3.8) is 0 Å². The normalized spacial score (nSPS) is 12.2. The molecular weight excluding hydrogens is 405 g/mol. The van der Waals surface area contributed by atoms with E-state index in [2.05, 4.69) is 14.8 Å². The molecule has 2 rings (SSSR count). The summed E-state index contributed by atoms with van der Waals surface area (Å²) in [5.74, 6) is -2.45. The fraction of sp³-hybridized carbons (Fsp3) is 0.222. The quantitative estimate of drug-likeness (QED) is 0.533. The van der Waals surface area contributed by atoms with Crippen LogP contribution in [0, 0.1) is 0 Å². The summed E-state index contributed by atoms with van der Waals surface area (Å²) < 4.78 is 73.7. The molecule has 0 saturated carbocycles. The maximum atomic E-state index is 12.2. The lowest BCUT2D eigenvalue weighted by atomic mass is 10.2. The molecule has 6 nitrogen and oxygen atoms in total. The number of hydrogen-bond donors (Lipinski definition) is 1. The number of ether oxygens (including phenoxy) is 3. The Morgan fingerprint density at radius 3 is 2.24 bits per heavy atom. The van der Waals surface area contributed by atoms with Crippen LogP contribution in [0.15, 0.2) is 48.5 Å². The Morgan fingerprint density at radius 2 is 1.66 bits per heavy atom. The van der Waals surface area contributed by atoms with Gasteiger partial charge in [-0.2, -0.15) is 8.78 Å². The van der Waals surface area contributed by atoms with E-state index in [0.29, 0.717) is 0 Å². The summed E-state index contributed by atoms with van der Waals surface area (Å²) in [6, 6.07) is 9.14. The van der Waals surface area contributed by atoms with E-state index >= 15 is 0 Å². The number of carbonyl (C=O) groups excluding carboxylic acids is 2. The number of amides is 1. The Bertz CT molecular complexity index is 854. The van der Waals surface area contributed by atoms with Crippen LogP contribution in [0.3, 0.4) is 0 Å². The minimum absolute atomic E-state index is 0.114. The molecule has 1 atom stereocenters. The van der Waals surface area contributed by atoms with Crippen molar-refractivity contribution in [3.8, 4) is 11.5 Å². The van der Waals surface area contributed by atoms with E-state index in [4.69, 9.17) is 4.74 Å². The molecule has 29 heavy (non-hydrogen) atoms. The average molecular weight is 419 g/mol. The van der Waals surface area contributed by atoms with Gasteiger partial charge in [-0.1, -0.05) is 6.07 Å². The van der Waals surface area contributed by atoms with Gasteiger partial charge in [0.05, 0.1) is 5.56 Å². The lowest BCUT2D eigenvalue weighted by molar-refractivity contribution is -0.274. The van der Waals surface area contributed by atoms with Gasteiger partial charge in [0, 0.05) is 5.69 Å². The highest BCUT2D eigenvalue weighted by Crippen LogP contribution is 2.24. The van der Waals surface area contributed by atoms with E-state index < -0.39 is 36.7 Å². The highest BCUT2D eigenvalue weighted by Gasteiger charge is 2.31. The maximum Gasteiger partial charge on any atom is 0.573 e. The van der Waals surface area contributed by atoms with E-state index in [1.165, 1.54) is 37.3 Å². The van der Waals surface area contributed by atoms with Crippen LogP contribution < -0.4 is 14.8 Å². The molecule has 2 aromatic carbocycles. The molecule has 0 aliphatic carbocycles. The molecule has 11 heteroatoms. The zero-order valence-electron chi connectivity index (χ0n) is 14.7. The minimum Gasteiger partial charge on any atom is -0.449 e. The van der Waals surface area contributed by atoms with Crippen LogP contribution in [-0.4, -0.2) is 31.0 Å². The first-order valence-electron chi connectivity index (χ1n) is 7.96. The van der Waals surface area contributed by atoms with E-state index in [1.54, 1.807) is 0 Å². The lowest BCUT2D eigenvalue weighted by Crippen LogP contribution is -2.30. The van der Waals surface area contributed by atoms with Crippen LogP contribution in [0.5, 0.6) is 11.5 Å². The molecular formula is C18H14F5NO5. The first-order valence-corrected chi connectivity index (χ1v) is 7.96. The molecule has 1 unspecified atom stereocenters. The molecule has 156 valence electrons. The van der Waals surface area contributed by atoms with Gasteiger partial charge in [0.15, 0.2) is 6.10 Å². The summed E-state index contributed by atoms with van der Waals surface area (Å²) in [5, 5.41) is 2.35. The fourth-order valence-corrected chi connectivity index (χ4v) is 2.07. The summed E-state index contributed by atoms with van der Waals surface area (Å²) in [6.07, 6.45) is -6.13. The summed E-state index contributed by atoms with van der Waals surface area (Å²) in [7, 11) is 0. The molecule has 0 aromatic heterocycles. The van der Waals surface area contributed by atoms with Gasteiger partial charge in [-0.05, 0) is 49.4 Å². The molecule has 0 saturated heterocycles. The van der Waals surface area contributed by atoms with Crippen molar-refractivity contribution in [1.82, 2.24) is 0 Å². The molecule has 0 radical (unpaired) electrons. The van der Waals surface area contributed by atoms with Crippen molar-refractivity contribution < 1.29 is 45.8 Å². The van der Waals surface area contributed by atoms with Crippen molar-refractivity contribution in [2.75, 3.05) is 5.32 Å². The second-order valence-corrected chi connectivity index (χ2v) is 5.52.